The first-order valence-corrected chi connectivity index (χ1v) is 11.5. The van der Waals surface area contributed by atoms with Crippen molar-refractivity contribution in [1.29, 1.82) is 0 Å². The molecular formula is C20H23FN2O3S2. The molecule has 0 bridgehead atoms. The van der Waals surface area contributed by atoms with Gasteiger partial charge in [-0.2, -0.15) is 4.31 Å². The Morgan fingerprint density at radius 1 is 1.04 bits per heavy atom. The van der Waals surface area contributed by atoms with Crippen molar-refractivity contribution in [1.82, 2.24) is 9.21 Å². The maximum Gasteiger partial charge on any atom is 0.246 e. The molecule has 150 valence electrons. The quantitative estimate of drug-likeness (QED) is 0.671. The lowest BCUT2D eigenvalue weighted by Gasteiger charge is -2.34. The predicted octanol–water partition coefficient (Wildman–Crippen LogP) is 3.15. The van der Waals surface area contributed by atoms with Crippen LogP contribution in [0, 0.1) is 12.7 Å². The van der Waals surface area contributed by atoms with E-state index in [1.54, 1.807) is 16.7 Å². The van der Waals surface area contributed by atoms with Crippen LogP contribution in [0.3, 0.4) is 0 Å². The first-order valence-electron chi connectivity index (χ1n) is 9.10. The molecule has 0 radical (unpaired) electrons. The molecule has 1 amide bonds. The van der Waals surface area contributed by atoms with Gasteiger partial charge in [-0.15, -0.1) is 11.8 Å². The number of halogens is 1. The minimum atomic E-state index is -3.88. The van der Waals surface area contributed by atoms with Gasteiger partial charge in [0.05, 0.1) is 0 Å². The predicted molar refractivity (Wildman–Crippen MR) is 108 cm³/mol. The van der Waals surface area contributed by atoms with E-state index in [0.717, 1.165) is 11.0 Å². The van der Waals surface area contributed by atoms with Gasteiger partial charge >= 0.3 is 0 Å². The van der Waals surface area contributed by atoms with Crippen molar-refractivity contribution < 1.29 is 17.6 Å². The van der Waals surface area contributed by atoms with E-state index in [0.29, 0.717) is 25.3 Å². The highest BCUT2D eigenvalue weighted by Crippen LogP contribution is 2.22. The highest BCUT2D eigenvalue weighted by Gasteiger charge is 2.31. The number of amides is 1. The second-order valence-electron chi connectivity index (χ2n) is 6.63. The average molecular weight is 423 g/mol. The van der Waals surface area contributed by atoms with Crippen molar-refractivity contribution in [2.24, 2.45) is 0 Å². The van der Waals surface area contributed by atoms with Crippen LogP contribution in [-0.2, 0) is 14.8 Å². The number of aryl methyl sites for hydroxylation is 1. The largest absolute Gasteiger partial charge is 0.340 e. The summed E-state index contributed by atoms with van der Waals surface area (Å²) in [6, 6.07) is 13.5. The van der Waals surface area contributed by atoms with Crippen LogP contribution < -0.4 is 0 Å². The molecule has 1 aliphatic heterocycles. The standard InChI is InChI=1S/C20H23FN2O3S2/c1-16-6-8-17(9-7-16)27-15-10-20(24)22-11-13-23(14-12-22)28(25,26)19-5-3-2-4-18(19)21/h2-9H,10-15H2,1H3. The molecule has 0 saturated carbocycles. The maximum atomic E-state index is 13.9. The lowest BCUT2D eigenvalue weighted by atomic mass is 10.2. The number of piperazine rings is 1. The molecule has 1 fully saturated rings. The number of benzene rings is 2. The summed E-state index contributed by atoms with van der Waals surface area (Å²) in [5, 5.41) is 0. The van der Waals surface area contributed by atoms with Crippen molar-refractivity contribution in [2.45, 2.75) is 23.1 Å². The van der Waals surface area contributed by atoms with Gasteiger partial charge in [0.25, 0.3) is 0 Å². The summed E-state index contributed by atoms with van der Waals surface area (Å²) in [5.41, 5.74) is 1.20. The van der Waals surface area contributed by atoms with Gasteiger partial charge in [0, 0.05) is 43.2 Å². The molecular weight excluding hydrogens is 399 g/mol. The van der Waals surface area contributed by atoms with E-state index < -0.39 is 15.8 Å². The molecule has 0 N–H and O–H groups in total. The Balaban J connectivity index is 1.50. The van der Waals surface area contributed by atoms with Gasteiger partial charge in [-0.1, -0.05) is 29.8 Å². The van der Waals surface area contributed by atoms with Gasteiger partial charge in [0.15, 0.2) is 0 Å². The number of thioether (sulfide) groups is 1. The molecule has 0 unspecified atom stereocenters. The zero-order chi connectivity index (χ0) is 20.1. The van der Waals surface area contributed by atoms with Crippen molar-refractivity contribution in [3.05, 3.63) is 59.9 Å². The van der Waals surface area contributed by atoms with Gasteiger partial charge in [0.1, 0.15) is 10.7 Å². The van der Waals surface area contributed by atoms with E-state index in [1.165, 1.54) is 28.1 Å². The van der Waals surface area contributed by atoms with Crippen molar-refractivity contribution in [2.75, 3.05) is 31.9 Å². The van der Waals surface area contributed by atoms with Gasteiger partial charge in [0.2, 0.25) is 15.9 Å². The Kier molecular flexibility index (Phi) is 6.74. The molecule has 8 heteroatoms. The number of nitrogens with zero attached hydrogens (tertiary/aromatic N) is 2. The van der Waals surface area contributed by atoms with Crippen LogP contribution in [0.25, 0.3) is 0 Å². The highest BCUT2D eigenvalue weighted by atomic mass is 32.2. The average Bonchev–Trinajstić information content (AvgIpc) is 2.69. The molecule has 0 spiro atoms. The molecule has 28 heavy (non-hydrogen) atoms. The summed E-state index contributed by atoms with van der Waals surface area (Å²) in [7, 11) is -3.88. The van der Waals surface area contributed by atoms with E-state index in [1.807, 2.05) is 31.2 Å². The third-order valence-electron chi connectivity index (χ3n) is 4.65. The van der Waals surface area contributed by atoms with E-state index in [9.17, 15) is 17.6 Å². The minimum absolute atomic E-state index is 0.0163. The summed E-state index contributed by atoms with van der Waals surface area (Å²) in [6.07, 6.45) is 0.401. The molecule has 0 atom stereocenters. The minimum Gasteiger partial charge on any atom is -0.340 e. The summed E-state index contributed by atoms with van der Waals surface area (Å²) < 4.78 is 40.4. The van der Waals surface area contributed by atoms with Crippen LogP contribution in [0.5, 0.6) is 0 Å². The molecule has 2 aromatic carbocycles. The third-order valence-corrected chi connectivity index (χ3v) is 7.60. The highest BCUT2D eigenvalue weighted by molar-refractivity contribution is 7.99. The number of hydrogen-bond donors (Lipinski definition) is 0. The zero-order valence-corrected chi connectivity index (χ0v) is 17.3. The maximum absolute atomic E-state index is 13.9. The van der Waals surface area contributed by atoms with Crippen LogP contribution in [0.15, 0.2) is 58.3 Å². The second-order valence-corrected chi connectivity index (χ2v) is 9.70. The molecule has 1 aliphatic rings. The molecule has 1 saturated heterocycles. The number of sulfonamides is 1. The molecule has 0 aromatic heterocycles. The SMILES string of the molecule is Cc1ccc(SCCC(=O)N2CCN(S(=O)(=O)c3ccccc3F)CC2)cc1. The summed E-state index contributed by atoms with van der Waals surface area (Å²) in [4.78, 5) is 14.9. The van der Waals surface area contributed by atoms with Crippen molar-refractivity contribution >= 4 is 27.7 Å². The molecule has 5 nitrogen and oxygen atoms in total. The van der Waals surface area contributed by atoms with E-state index in [-0.39, 0.29) is 23.9 Å². The van der Waals surface area contributed by atoms with E-state index >= 15 is 0 Å². The lowest BCUT2D eigenvalue weighted by molar-refractivity contribution is -0.131. The Morgan fingerprint density at radius 2 is 1.68 bits per heavy atom. The Morgan fingerprint density at radius 3 is 2.32 bits per heavy atom. The number of carbonyl (C=O) groups excluding carboxylic acids is 1. The Labute approximate surface area is 169 Å². The third kappa shape index (κ3) is 4.92. The van der Waals surface area contributed by atoms with Crippen molar-refractivity contribution in [3.8, 4) is 0 Å². The number of carbonyl (C=O) groups is 1. The van der Waals surface area contributed by atoms with Crippen LogP contribution >= 0.6 is 11.8 Å². The van der Waals surface area contributed by atoms with Crippen molar-refractivity contribution in [3.63, 3.8) is 0 Å². The second kappa shape index (κ2) is 9.07. The fourth-order valence-corrected chi connectivity index (χ4v) is 5.35. The topological polar surface area (TPSA) is 57.7 Å². The van der Waals surface area contributed by atoms with Crippen LogP contribution in [0.2, 0.25) is 0 Å². The van der Waals surface area contributed by atoms with Crippen LogP contribution in [0.1, 0.15) is 12.0 Å². The van der Waals surface area contributed by atoms with E-state index in [4.69, 9.17) is 0 Å². The normalized spacial score (nSPS) is 15.6. The smallest absolute Gasteiger partial charge is 0.246 e. The molecule has 0 aliphatic carbocycles. The fourth-order valence-electron chi connectivity index (χ4n) is 3.02. The molecule has 3 rings (SSSR count). The van der Waals surface area contributed by atoms with Gasteiger partial charge < -0.3 is 4.90 Å². The zero-order valence-electron chi connectivity index (χ0n) is 15.7. The van der Waals surface area contributed by atoms with E-state index in [2.05, 4.69) is 0 Å². The van der Waals surface area contributed by atoms with Gasteiger partial charge in [-0.25, -0.2) is 12.8 Å². The van der Waals surface area contributed by atoms with Gasteiger partial charge in [-0.3, -0.25) is 4.79 Å². The molecule has 2 aromatic rings. The first-order chi connectivity index (χ1) is 13.4. The Bertz CT molecular complexity index is 925. The first kappa shape index (κ1) is 20.8. The summed E-state index contributed by atoms with van der Waals surface area (Å²) in [6.45, 7) is 3.02. The number of rotatable bonds is 6. The summed E-state index contributed by atoms with van der Waals surface area (Å²) in [5.74, 6) is -0.0630. The van der Waals surface area contributed by atoms with Crippen LogP contribution in [-0.4, -0.2) is 55.5 Å². The van der Waals surface area contributed by atoms with Crippen LogP contribution in [0.4, 0.5) is 4.39 Å². The lowest BCUT2D eigenvalue weighted by Crippen LogP contribution is -2.50. The summed E-state index contributed by atoms with van der Waals surface area (Å²) >= 11 is 1.63. The molecule has 1 heterocycles. The van der Waals surface area contributed by atoms with Gasteiger partial charge in [-0.05, 0) is 31.2 Å². The number of hydrogen-bond acceptors (Lipinski definition) is 4. The Hall–Kier alpha value is -1.90. The fraction of sp³-hybridized carbons (Fsp3) is 0.350. The monoisotopic (exact) mass is 422 g/mol.